The molecule has 0 bridgehead atoms. The van der Waals surface area contributed by atoms with Crippen LogP contribution in [0.15, 0.2) is 16.8 Å². The van der Waals surface area contributed by atoms with Gasteiger partial charge in [0.15, 0.2) is 0 Å². The first kappa shape index (κ1) is 7.28. The number of nitrogens with zero attached hydrogens (tertiary/aromatic N) is 1. The molecular formula is C7H12N2O. The number of hydrogen-bond acceptors (Lipinski definition) is 3. The van der Waals surface area contributed by atoms with Gasteiger partial charge in [0.2, 0.25) is 0 Å². The highest BCUT2D eigenvalue weighted by Gasteiger charge is 1.94. The van der Waals surface area contributed by atoms with Crippen LogP contribution in [0.1, 0.15) is 13.8 Å². The lowest BCUT2D eigenvalue weighted by atomic mass is 10.2. The molecule has 10 heavy (non-hydrogen) atoms. The normalized spacial score (nSPS) is 30.2. The van der Waals surface area contributed by atoms with Crippen LogP contribution in [0, 0.1) is 0 Å². The van der Waals surface area contributed by atoms with E-state index in [-0.39, 0.29) is 0 Å². The number of ether oxygens (including phenoxy) is 1. The molecular weight excluding hydrogens is 128 g/mol. The van der Waals surface area contributed by atoms with Crippen molar-refractivity contribution in [1.82, 2.24) is 5.43 Å². The maximum Gasteiger partial charge on any atom is 0.132 e. The third-order valence-electron chi connectivity index (χ3n) is 1.21. The SMILES string of the molecule is C/C1=C/C(C)=N\NCOC1. The van der Waals surface area contributed by atoms with Gasteiger partial charge in [-0.2, -0.15) is 5.10 Å². The third-order valence-corrected chi connectivity index (χ3v) is 1.21. The van der Waals surface area contributed by atoms with Gasteiger partial charge >= 0.3 is 0 Å². The lowest BCUT2D eigenvalue weighted by Crippen LogP contribution is -2.16. The molecule has 0 aromatic carbocycles. The first-order valence-electron chi connectivity index (χ1n) is 3.31. The zero-order valence-corrected chi connectivity index (χ0v) is 6.35. The summed E-state index contributed by atoms with van der Waals surface area (Å²) in [5, 5.41) is 4.00. The Morgan fingerprint density at radius 2 is 2.40 bits per heavy atom. The van der Waals surface area contributed by atoms with E-state index in [2.05, 4.69) is 10.5 Å². The quantitative estimate of drug-likeness (QED) is 0.542. The van der Waals surface area contributed by atoms with Gasteiger partial charge in [-0.05, 0) is 25.5 Å². The lowest BCUT2D eigenvalue weighted by molar-refractivity contribution is 0.137. The third kappa shape index (κ3) is 2.19. The van der Waals surface area contributed by atoms with Gasteiger partial charge in [-0.1, -0.05) is 0 Å². The predicted octanol–water partition coefficient (Wildman–Crippen LogP) is 0.886. The molecule has 0 atom stereocenters. The summed E-state index contributed by atoms with van der Waals surface area (Å²) in [6.07, 6.45) is 2.01. The first-order chi connectivity index (χ1) is 4.79. The maximum atomic E-state index is 5.15. The second-order valence-corrected chi connectivity index (χ2v) is 2.39. The van der Waals surface area contributed by atoms with Crippen LogP contribution >= 0.6 is 0 Å². The molecule has 0 unspecified atom stereocenters. The first-order valence-corrected chi connectivity index (χ1v) is 3.31. The van der Waals surface area contributed by atoms with Crippen LogP contribution < -0.4 is 5.43 Å². The zero-order valence-electron chi connectivity index (χ0n) is 6.35. The van der Waals surface area contributed by atoms with Crippen molar-refractivity contribution in [3.63, 3.8) is 0 Å². The van der Waals surface area contributed by atoms with Gasteiger partial charge in [0, 0.05) is 0 Å². The van der Waals surface area contributed by atoms with Crippen molar-refractivity contribution >= 4 is 5.71 Å². The van der Waals surface area contributed by atoms with E-state index >= 15 is 0 Å². The molecule has 0 amide bonds. The molecule has 0 spiro atoms. The molecule has 0 aromatic rings. The molecule has 0 radical (unpaired) electrons. The van der Waals surface area contributed by atoms with E-state index in [0.717, 1.165) is 5.71 Å². The number of nitrogens with one attached hydrogen (secondary N) is 1. The summed E-state index contributed by atoms with van der Waals surface area (Å²) >= 11 is 0. The molecule has 1 rings (SSSR count). The van der Waals surface area contributed by atoms with E-state index in [1.54, 1.807) is 0 Å². The fourth-order valence-corrected chi connectivity index (χ4v) is 0.845. The van der Waals surface area contributed by atoms with Crippen molar-refractivity contribution in [3.8, 4) is 0 Å². The van der Waals surface area contributed by atoms with E-state index in [0.29, 0.717) is 13.3 Å². The average molecular weight is 140 g/mol. The second-order valence-electron chi connectivity index (χ2n) is 2.39. The number of rotatable bonds is 0. The van der Waals surface area contributed by atoms with Crippen LogP contribution in [0.5, 0.6) is 0 Å². The minimum Gasteiger partial charge on any atom is -0.356 e. The molecule has 3 heteroatoms. The predicted molar refractivity (Wildman–Crippen MR) is 40.8 cm³/mol. The van der Waals surface area contributed by atoms with E-state index in [9.17, 15) is 0 Å². The Morgan fingerprint density at radius 1 is 1.60 bits per heavy atom. The van der Waals surface area contributed by atoms with Crippen LogP contribution in [-0.2, 0) is 4.74 Å². The van der Waals surface area contributed by atoms with Crippen molar-refractivity contribution in [2.45, 2.75) is 13.8 Å². The highest BCUT2D eigenvalue weighted by atomic mass is 16.5. The Hall–Kier alpha value is -0.830. The summed E-state index contributed by atoms with van der Waals surface area (Å²) in [5.74, 6) is 0. The summed E-state index contributed by atoms with van der Waals surface area (Å²) in [6.45, 7) is 5.19. The summed E-state index contributed by atoms with van der Waals surface area (Å²) in [5.41, 5.74) is 4.99. The largest absolute Gasteiger partial charge is 0.356 e. The Kier molecular flexibility index (Phi) is 2.45. The van der Waals surface area contributed by atoms with Crippen LogP contribution in [0.25, 0.3) is 0 Å². The van der Waals surface area contributed by atoms with Crippen LogP contribution in [-0.4, -0.2) is 19.0 Å². The number of hydrazone groups is 1. The minimum absolute atomic E-state index is 0.502. The molecule has 0 saturated heterocycles. The summed E-state index contributed by atoms with van der Waals surface area (Å²) < 4.78 is 5.15. The van der Waals surface area contributed by atoms with Gasteiger partial charge < -0.3 is 4.74 Å². The molecule has 1 heterocycles. The van der Waals surface area contributed by atoms with Gasteiger partial charge in [0.25, 0.3) is 0 Å². The Bertz CT molecular complexity index is 172. The molecule has 0 saturated carbocycles. The molecule has 1 N–H and O–H groups in total. The van der Waals surface area contributed by atoms with Crippen molar-refractivity contribution in [1.29, 1.82) is 0 Å². The molecule has 0 aliphatic carbocycles. The number of hydrogen-bond donors (Lipinski definition) is 1. The summed E-state index contributed by atoms with van der Waals surface area (Å²) in [4.78, 5) is 0. The van der Waals surface area contributed by atoms with Crippen LogP contribution in [0.3, 0.4) is 0 Å². The van der Waals surface area contributed by atoms with Gasteiger partial charge in [-0.3, -0.25) is 5.43 Å². The van der Waals surface area contributed by atoms with Crippen molar-refractivity contribution in [2.75, 3.05) is 13.3 Å². The molecule has 0 fully saturated rings. The fourth-order valence-electron chi connectivity index (χ4n) is 0.845. The fraction of sp³-hybridized carbons (Fsp3) is 0.571. The Morgan fingerprint density at radius 3 is 3.20 bits per heavy atom. The van der Waals surface area contributed by atoms with Crippen molar-refractivity contribution < 1.29 is 4.74 Å². The van der Waals surface area contributed by atoms with Crippen molar-refractivity contribution in [2.24, 2.45) is 5.10 Å². The van der Waals surface area contributed by atoms with Crippen molar-refractivity contribution in [3.05, 3.63) is 11.6 Å². The molecule has 1 aliphatic heterocycles. The molecule has 3 nitrogen and oxygen atoms in total. The highest BCUT2D eigenvalue weighted by molar-refractivity contribution is 5.93. The summed E-state index contributed by atoms with van der Waals surface area (Å²) in [6, 6.07) is 0. The number of allylic oxidation sites excluding steroid dienone is 1. The van der Waals surface area contributed by atoms with Crippen LogP contribution in [0.4, 0.5) is 0 Å². The van der Waals surface area contributed by atoms with E-state index in [4.69, 9.17) is 4.74 Å². The van der Waals surface area contributed by atoms with Gasteiger partial charge in [-0.15, -0.1) is 0 Å². The topological polar surface area (TPSA) is 33.6 Å². The molecule has 1 aliphatic rings. The molecule has 56 valence electrons. The Balaban J connectivity index is 2.63. The van der Waals surface area contributed by atoms with Gasteiger partial charge in [-0.25, -0.2) is 0 Å². The van der Waals surface area contributed by atoms with E-state index < -0.39 is 0 Å². The smallest absolute Gasteiger partial charge is 0.132 e. The van der Waals surface area contributed by atoms with Gasteiger partial charge in [0.05, 0.1) is 12.3 Å². The zero-order chi connectivity index (χ0) is 7.40. The van der Waals surface area contributed by atoms with Gasteiger partial charge in [0.1, 0.15) is 6.73 Å². The van der Waals surface area contributed by atoms with E-state index in [1.165, 1.54) is 5.57 Å². The Labute approximate surface area is 60.8 Å². The lowest BCUT2D eigenvalue weighted by Gasteiger charge is -2.07. The maximum absolute atomic E-state index is 5.15. The summed E-state index contributed by atoms with van der Waals surface area (Å²) in [7, 11) is 0. The highest BCUT2D eigenvalue weighted by Crippen LogP contribution is 1.96. The second kappa shape index (κ2) is 3.37. The minimum atomic E-state index is 0.502. The van der Waals surface area contributed by atoms with E-state index in [1.807, 2.05) is 19.9 Å². The molecule has 0 aromatic heterocycles. The average Bonchev–Trinajstić information content (AvgIpc) is 1.83. The van der Waals surface area contributed by atoms with Crippen LogP contribution in [0.2, 0.25) is 0 Å². The monoisotopic (exact) mass is 140 g/mol. The standard InChI is InChI=1S/C7H12N2O/c1-6-3-7(2)9-8-5-10-4-6/h3,8H,4-5H2,1-2H3/b6-3-,9-7-.